The Morgan fingerprint density at radius 2 is 1.63 bits per heavy atom. The van der Waals surface area contributed by atoms with E-state index in [1.165, 1.54) is 10.6 Å². The van der Waals surface area contributed by atoms with Crippen LogP contribution in [0.5, 0.6) is 5.75 Å². The van der Waals surface area contributed by atoms with Gasteiger partial charge >= 0.3 is 0 Å². The maximum absolute atomic E-state index is 11.8. The van der Waals surface area contributed by atoms with Crippen LogP contribution in [0.3, 0.4) is 0 Å². The molecule has 1 aromatic carbocycles. The number of benzene rings is 1. The zero-order chi connectivity index (χ0) is 18.4. The minimum absolute atomic E-state index is 0. The standard InChI is InChI=1S/C20H29N3O3.ClH/c1-26-18-7-4-6-17(16-18)22-14-12-21(13-15-22)10-2-3-11-23-19(24)8-5-9-20(23)25;/h4,6-7,16H,2-3,5,8-15H2,1H3;1H. The Morgan fingerprint density at radius 3 is 2.30 bits per heavy atom. The van der Waals surface area contributed by atoms with Crippen molar-refractivity contribution < 1.29 is 14.3 Å². The van der Waals surface area contributed by atoms with Gasteiger partial charge in [-0.15, -0.1) is 12.4 Å². The number of carbonyl (C=O) groups is 2. The predicted molar refractivity (Wildman–Crippen MR) is 109 cm³/mol. The molecule has 2 aliphatic rings. The van der Waals surface area contributed by atoms with Crippen molar-refractivity contribution in [1.29, 1.82) is 0 Å². The number of unbranched alkanes of at least 4 members (excludes halogenated alkanes) is 1. The number of rotatable bonds is 7. The van der Waals surface area contributed by atoms with E-state index < -0.39 is 0 Å². The van der Waals surface area contributed by atoms with Gasteiger partial charge in [0.1, 0.15) is 5.75 Å². The molecule has 0 radical (unpaired) electrons. The summed E-state index contributed by atoms with van der Waals surface area (Å²) < 4.78 is 5.31. The normalized spacial score (nSPS) is 18.4. The Hall–Kier alpha value is -1.79. The molecule has 3 rings (SSSR count). The molecule has 0 bridgehead atoms. The number of nitrogens with zero attached hydrogens (tertiary/aromatic N) is 3. The minimum atomic E-state index is 0. The summed E-state index contributed by atoms with van der Waals surface area (Å²) in [7, 11) is 1.70. The summed E-state index contributed by atoms with van der Waals surface area (Å²) in [5.41, 5.74) is 1.21. The van der Waals surface area contributed by atoms with Gasteiger partial charge in [0.15, 0.2) is 0 Å². The molecule has 1 aromatic rings. The second kappa shape index (κ2) is 10.5. The highest BCUT2D eigenvalue weighted by atomic mass is 35.5. The summed E-state index contributed by atoms with van der Waals surface area (Å²) in [4.78, 5) is 29.9. The molecule has 2 saturated heterocycles. The van der Waals surface area contributed by atoms with E-state index in [0.29, 0.717) is 25.8 Å². The molecule has 150 valence electrons. The maximum Gasteiger partial charge on any atom is 0.229 e. The van der Waals surface area contributed by atoms with E-state index in [1.54, 1.807) is 7.11 Å². The van der Waals surface area contributed by atoms with Crippen LogP contribution in [0.15, 0.2) is 24.3 Å². The lowest BCUT2D eigenvalue weighted by Gasteiger charge is -2.36. The molecule has 2 amide bonds. The van der Waals surface area contributed by atoms with Crippen LogP contribution in [0.1, 0.15) is 32.1 Å². The van der Waals surface area contributed by atoms with Gasteiger partial charge in [0.2, 0.25) is 11.8 Å². The van der Waals surface area contributed by atoms with Crippen LogP contribution in [0, 0.1) is 0 Å². The average molecular weight is 396 g/mol. The van der Waals surface area contributed by atoms with E-state index >= 15 is 0 Å². The molecule has 0 unspecified atom stereocenters. The lowest BCUT2D eigenvalue weighted by Crippen LogP contribution is -2.46. The van der Waals surface area contributed by atoms with Gasteiger partial charge < -0.3 is 9.64 Å². The molecule has 0 saturated carbocycles. The highest BCUT2D eigenvalue weighted by Gasteiger charge is 2.25. The summed E-state index contributed by atoms with van der Waals surface area (Å²) in [5.74, 6) is 0.910. The third kappa shape index (κ3) is 5.84. The number of carbonyl (C=O) groups excluding carboxylic acids is 2. The molecule has 0 atom stereocenters. The molecule has 0 N–H and O–H groups in total. The molecule has 2 aliphatic heterocycles. The summed E-state index contributed by atoms with van der Waals surface area (Å²) >= 11 is 0. The Bertz CT molecular complexity index is 617. The van der Waals surface area contributed by atoms with Crippen LogP contribution >= 0.6 is 12.4 Å². The molecule has 7 heteroatoms. The number of hydrogen-bond acceptors (Lipinski definition) is 5. The fourth-order valence-corrected chi connectivity index (χ4v) is 3.69. The third-order valence-electron chi connectivity index (χ3n) is 5.28. The first-order chi connectivity index (χ1) is 12.7. The number of amides is 2. The average Bonchev–Trinajstić information content (AvgIpc) is 2.67. The zero-order valence-electron chi connectivity index (χ0n) is 16.1. The SMILES string of the molecule is COc1cccc(N2CCN(CCCCN3C(=O)CCCC3=O)CC2)c1.Cl. The summed E-state index contributed by atoms with van der Waals surface area (Å²) in [6.45, 7) is 5.72. The highest BCUT2D eigenvalue weighted by Crippen LogP contribution is 2.22. The molecular formula is C20H30ClN3O3. The molecular weight excluding hydrogens is 366 g/mol. The van der Waals surface area contributed by atoms with Crippen molar-refractivity contribution in [2.75, 3.05) is 51.3 Å². The number of hydrogen-bond donors (Lipinski definition) is 0. The first-order valence-corrected chi connectivity index (χ1v) is 9.62. The van der Waals surface area contributed by atoms with Gasteiger partial charge in [0, 0.05) is 57.3 Å². The van der Waals surface area contributed by atoms with Gasteiger partial charge in [-0.3, -0.25) is 19.4 Å². The number of anilines is 1. The van der Waals surface area contributed by atoms with Gasteiger partial charge in [-0.1, -0.05) is 6.07 Å². The van der Waals surface area contributed by atoms with E-state index in [0.717, 1.165) is 51.3 Å². The molecule has 0 aliphatic carbocycles. The lowest BCUT2D eigenvalue weighted by molar-refractivity contribution is -0.148. The van der Waals surface area contributed by atoms with Crippen molar-refractivity contribution in [3.05, 3.63) is 24.3 Å². The van der Waals surface area contributed by atoms with Crippen LogP contribution in [-0.2, 0) is 9.59 Å². The predicted octanol–water partition coefficient (Wildman–Crippen LogP) is 2.56. The van der Waals surface area contributed by atoms with Crippen LogP contribution in [0.25, 0.3) is 0 Å². The molecule has 2 heterocycles. The van der Waals surface area contributed by atoms with Gasteiger partial charge in [-0.05, 0) is 37.9 Å². The second-order valence-corrected chi connectivity index (χ2v) is 7.03. The number of piperidine rings is 1. The monoisotopic (exact) mass is 395 g/mol. The van der Waals surface area contributed by atoms with Gasteiger partial charge in [-0.2, -0.15) is 0 Å². The first-order valence-electron chi connectivity index (χ1n) is 9.62. The van der Waals surface area contributed by atoms with Gasteiger partial charge in [0.25, 0.3) is 0 Å². The number of halogens is 1. The zero-order valence-corrected chi connectivity index (χ0v) is 16.9. The Morgan fingerprint density at radius 1 is 0.963 bits per heavy atom. The quantitative estimate of drug-likeness (QED) is 0.524. The van der Waals surface area contributed by atoms with E-state index in [-0.39, 0.29) is 24.2 Å². The summed E-state index contributed by atoms with van der Waals surface area (Å²) in [6.07, 6.45) is 3.69. The first kappa shape index (κ1) is 21.5. The number of likely N-dealkylation sites (tertiary alicyclic amines) is 1. The Balaban J connectivity index is 0.00000261. The fourth-order valence-electron chi connectivity index (χ4n) is 3.69. The van der Waals surface area contributed by atoms with Crippen LogP contribution in [0.4, 0.5) is 5.69 Å². The second-order valence-electron chi connectivity index (χ2n) is 7.03. The highest BCUT2D eigenvalue weighted by molar-refractivity contribution is 5.97. The third-order valence-corrected chi connectivity index (χ3v) is 5.28. The number of piperazine rings is 1. The van der Waals surface area contributed by atoms with Gasteiger partial charge in [-0.25, -0.2) is 0 Å². The van der Waals surface area contributed by atoms with Crippen molar-refractivity contribution in [3.63, 3.8) is 0 Å². The maximum atomic E-state index is 11.8. The van der Waals surface area contributed by atoms with E-state index in [2.05, 4.69) is 21.9 Å². The number of methoxy groups -OCH3 is 1. The van der Waals surface area contributed by atoms with Crippen molar-refractivity contribution in [2.45, 2.75) is 32.1 Å². The molecule has 2 fully saturated rings. The van der Waals surface area contributed by atoms with Crippen molar-refractivity contribution >= 4 is 29.9 Å². The van der Waals surface area contributed by atoms with Crippen LogP contribution in [-0.4, -0.2) is 68.0 Å². The van der Waals surface area contributed by atoms with E-state index in [4.69, 9.17) is 4.74 Å². The molecule has 27 heavy (non-hydrogen) atoms. The van der Waals surface area contributed by atoms with E-state index in [1.807, 2.05) is 12.1 Å². The van der Waals surface area contributed by atoms with E-state index in [9.17, 15) is 9.59 Å². The lowest BCUT2D eigenvalue weighted by atomic mass is 10.1. The van der Waals surface area contributed by atoms with Crippen LogP contribution in [0.2, 0.25) is 0 Å². The largest absolute Gasteiger partial charge is 0.497 e. The van der Waals surface area contributed by atoms with Crippen LogP contribution < -0.4 is 9.64 Å². The Kier molecular flexibility index (Phi) is 8.38. The van der Waals surface area contributed by atoms with Crippen molar-refractivity contribution in [1.82, 2.24) is 9.80 Å². The van der Waals surface area contributed by atoms with Crippen molar-refractivity contribution in [3.8, 4) is 5.75 Å². The molecule has 6 nitrogen and oxygen atoms in total. The van der Waals surface area contributed by atoms with Gasteiger partial charge in [0.05, 0.1) is 7.11 Å². The number of imide groups is 1. The van der Waals surface area contributed by atoms with Crippen molar-refractivity contribution in [2.24, 2.45) is 0 Å². The summed E-state index contributed by atoms with van der Waals surface area (Å²) in [6, 6.07) is 8.22. The smallest absolute Gasteiger partial charge is 0.229 e. The molecule has 0 aromatic heterocycles. The summed E-state index contributed by atoms with van der Waals surface area (Å²) in [5, 5.41) is 0. The fraction of sp³-hybridized carbons (Fsp3) is 0.600. The number of ether oxygens (including phenoxy) is 1. The Labute approximate surface area is 167 Å². The topological polar surface area (TPSA) is 53.1 Å². The minimum Gasteiger partial charge on any atom is -0.497 e. The molecule has 0 spiro atoms.